The molecule has 0 bridgehead atoms. The number of halogens is 4. The van der Waals surface area contributed by atoms with Gasteiger partial charge >= 0.3 is 12.1 Å². The van der Waals surface area contributed by atoms with E-state index in [1.54, 1.807) is 17.0 Å². The van der Waals surface area contributed by atoms with E-state index in [-0.39, 0.29) is 36.1 Å². The van der Waals surface area contributed by atoms with E-state index >= 15 is 0 Å². The van der Waals surface area contributed by atoms with Gasteiger partial charge in [-0.1, -0.05) is 12.1 Å². The first kappa shape index (κ1) is 28.1. The summed E-state index contributed by atoms with van der Waals surface area (Å²) in [7, 11) is 0. The van der Waals surface area contributed by atoms with E-state index < -0.39 is 29.2 Å². The Morgan fingerprint density at radius 3 is 2.46 bits per heavy atom. The molecular formula is C30H33F4N3O4. The van der Waals surface area contributed by atoms with Crippen molar-refractivity contribution in [2.45, 2.75) is 68.8 Å². The van der Waals surface area contributed by atoms with E-state index in [2.05, 4.69) is 9.88 Å². The van der Waals surface area contributed by atoms with Crippen LogP contribution in [-0.4, -0.2) is 69.7 Å². The number of alkyl halides is 3. The lowest BCUT2D eigenvalue weighted by molar-refractivity contribution is -0.177. The van der Waals surface area contributed by atoms with Gasteiger partial charge in [0.2, 0.25) is 0 Å². The third-order valence-electron chi connectivity index (χ3n) is 9.41. The molecule has 4 atom stereocenters. The smallest absolute Gasteiger partial charge is 0.417 e. The minimum atomic E-state index is -4.50. The van der Waals surface area contributed by atoms with Gasteiger partial charge in [0.05, 0.1) is 18.1 Å². The van der Waals surface area contributed by atoms with Crippen LogP contribution in [0.1, 0.15) is 60.4 Å². The van der Waals surface area contributed by atoms with Crippen molar-refractivity contribution in [2.75, 3.05) is 26.2 Å². The maximum absolute atomic E-state index is 13.9. The number of hydrogen-bond acceptors (Lipinski definition) is 5. The van der Waals surface area contributed by atoms with E-state index in [4.69, 9.17) is 4.74 Å². The molecule has 1 aliphatic carbocycles. The van der Waals surface area contributed by atoms with Crippen molar-refractivity contribution in [3.05, 3.63) is 64.7 Å². The van der Waals surface area contributed by atoms with Gasteiger partial charge in [-0.05, 0) is 79.8 Å². The van der Waals surface area contributed by atoms with Crippen molar-refractivity contribution in [3.8, 4) is 0 Å². The molecule has 1 saturated carbocycles. The van der Waals surface area contributed by atoms with Crippen LogP contribution in [-0.2, 0) is 33.5 Å². The van der Waals surface area contributed by atoms with Crippen LogP contribution in [0.25, 0.3) is 0 Å². The third-order valence-corrected chi connectivity index (χ3v) is 9.41. The maximum atomic E-state index is 13.9. The molecule has 4 heterocycles. The normalized spacial score (nSPS) is 29.2. The fraction of sp³-hybridized carbons (Fsp3) is 0.567. The number of pyridine rings is 1. The topological polar surface area (TPSA) is 83.0 Å². The maximum Gasteiger partial charge on any atom is 0.417 e. The van der Waals surface area contributed by atoms with Gasteiger partial charge < -0.3 is 14.7 Å². The van der Waals surface area contributed by atoms with Crippen LogP contribution in [0, 0.1) is 17.7 Å². The van der Waals surface area contributed by atoms with E-state index in [9.17, 15) is 32.3 Å². The molecule has 0 radical (unpaired) electrons. The zero-order valence-corrected chi connectivity index (χ0v) is 22.6. The number of aromatic nitrogens is 1. The Labute approximate surface area is 235 Å². The fourth-order valence-corrected chi connectivity index (χ4v) is 6.97. The Kier molecular flexibility index (Phi) is 7.30. The minimum Gasteiger partial charge on any atom is -0.481 e. The van der Waals surface area contributed by atoms with Gasteiger partial charge in [0.1, 0.15) is 11.4 Å². The number of benzene rings is 1. The number of likely N-dealkylation sites (tertiary alicyclic amines) is 1. The molecule has 2 saturated heterocycles. The van der Waals surface area contributed by atoms with Crippen LogP contribution in [0.4, 0.5) is 17.6 Å². The zero-order valence-electron chi connectivity index (χ0n) is 22.6. The third kappa shape index (κ3) is 5.46. The number of carboxylic acid groups (broad SMARTS) is 1. The number of aliphatic carboxylic acids is 1. The molecule has 220 valence electrons. The molecule has 2 aromatic rings. The molecule has 1 aromatic carbocycles. The van der Waals surface area contributed by atoms with Crippen molar-refractivity contribution in [1.29, 1.82) is 0 Å². The SMILES string of the molecule is O=C(O)[C@@H]1CN(C2CC[C@@](C(=O)N3CCc4ncc(C(F)(F)F)cc4C3)(C3CC3)OC2)CC[C@H]1c1ccc(F)cc1. The van der Waals surface area contributed by atoms with Crippen LogP contribution >= 0.6 is 0 Å². The van der Waals surface area contributed by atoms with Gasteiger partial charge in [-0.3, -0.25) is 19.5 Å². The number of ether oxygens (including phenoxy) is 1. The lowest BCUT2D eigenvalue weighted by Gasteiger charge is -2.47. The zero-order chi connectivity index (χ0) is 28.9. The van der Waals surface area contributed by atoms with Crippen LogP contribution in [0.3, 0.4) is 0 Å². The second-order valence-electron chi connectivity index (χ2n) is 11.9. The summed E-state index contributed by atoms with van der Waals surface area (Å²) in [4.78, 5) is 33.9. The van der Waals surface area contributed by atoms with E-state index in [0.29, 0.717) is 63.2 Å². The van der Waals surface area contributed by atoms with Crippen molar-refractivity contribution >= 4 is 11.9 Å². The Hall–Kier alpha value is -3.05. The first-order valence-electron chi connectivity index (χ1n) is 14.3. The number of rotatable bonds is 5. The molecule has 1 aromatic heterocycles. The Bertz CT molecular complexity index is 1310. The molecule has 41 heavy (non-hydrogen) atoms. The van der Waals surface area contributed by atoms with Crippen molar-refractivity contribution < 1.29 is 37.0 Å². The summed E-state index contributed by atoms with van der Waals surface area (Å²) in [6.07, 6.45) is 0.244. The Morgan fingerprint density at radius 1 is 1.07 bits per heavy atom. The monoisotopic (exact) mass is 575 g/mol. The van der Waals surface area contributed by atoms with Crippen LogP contribution in [0.2, 0.25) is 0 Å². The molecule has 3 fully saturated rings. The highest BCUT2D eigenvalue weighted by atomic mass is 19.4. The van der Waals surface area contributed by atoms with E-state index in [0.717, 1.165) is 30.7 Å². The quantitative estimate of drug-likeness (QED) is 0.524. The molecule has 3 aliphatic heterocycles. The average molecular weight is 576 g/mol. The molecule has 4 aliphatic rings. The van der Waals surface area contributed by atoms with Crippen molar-refractivity contribution in [1.82, 2.24) is 14.8 Å². The highest BCUT2D eigenvalue weighted by Gasteiger charge is 2.56. The number of amides is 1. The van der Waals surface area contributed by atoms with Crippen LogP contribution in [0.5, 0.6) is 0 Å². The molecule has 7 nitrogen and oxygen atoms in total. The lowest BCUT2D eigenvalue weighted by atomic mass is 9.79. The average Bonchev–Trinajstić information content (AvgIpc) is 3.82. The summed E-state index contributed by atoms with van der Waals surface area (Å²) < 4.78 is 59.7. The molecule has 11 heteroatoms. The number of hydrogen-bond donors (Lipinski definition) is 1. The second kappa shape index (κ2) is 10.7. The van der Waals surface area contributed by atoms with Gasteiger partial charge in [-0.15, -0.1) is 0 Å². The first-order valence-corrected chi connectivity index (χ1v) is 14.3. The summed E-state index contributed by atoms with van der Waals surface area (Å²) >= 11 is 0. The number of carbonyl (C=O) groups excluding carboxylic acids is 1. The number of carbonyl (C=O) groups is 2. The Balaban J connectivity index is 1.13. The summed E-state index contributed by atoms with van der Waals surface area (Å²) in [5.41, 5.74) is 0.00761. The standard InChI is InChI=1S/C30H33F4N3O4/c31-22-5-1-18(2-6-22)24-8-11-36(16-25(24)27(38)39)23-7-10-29(41-17-23,20-3-4-20)28(40)37-12-9-26-19(15-37)13-21(14-35-26)30(32,33)34/h1-2,5-6,13-14,20,23-25H,3-4,7-12,15-17H2,(H,38,39)/t23?,24-,25+,29-/m0/s1. The molecule has 6 rings (SSSR count). The molecular weight excluding hydrogens is 542 g/mol. The van der Waals surface area contributed by atoms with E-state index in [1.165, 1.54) is 12.1 Å². The summed E-state index contributed by atoms with van der Waals surface area (Å²) in [6.45, 7) is 1.75. The molecule has 1 N–H and O–H groups in total. The number of carboxylic acids is 1. The van der Waals surface area contributed by atoms with Gasteiger partial charge in [-0.25, -0.2) is 4.39 Å². The predicted octanol–water partition coefficient (Wildman–Crippen LogP) is 4.64. The molecule has 0 spiro atoms. The molecule has 1 amide bonds. The van der Waals surface area contributed by atoms with Crippen molar-refractivity contribution in [3.63, 3.8) is 0 Å². The van der Waals surface area contributed by atoms with Gasteiger partial charge in [0.25, 0.3) is 5.91 Å². The summed E-state index contributed by atoms with van der Waals surface area (Å²) in [6, 6.07) is 7.09. The van der Waals surface area contributed by atoms with Crippen LogP contribution < -0.4 is 0 Å². The van der Waals surface area contributed by atoms with Gasteiger partial charge in [0.15, 0.2) is 0 Å². The largest absolute Gasteiger partial charge is 0.481 e. The Morgan fingerprint density at radius 2 is 1.83 bits per heavy atom. The fourth-order valence-electron chi connectivity index (χ4n) is 6.97. The highest BCUT2D eigenvalue weighted by Crippen LogP contribution is 2.49. The first-order chi connectivity index (χ1) is 19.5. The van der Waals surface area contributed by atoms with Crippen LogP contribution in [0.15, 0.2) is 36.5 Å². The number of piperidine rings is 1. The van der Waals surface area contributed by atoms with E-state index in [1.807, 2.05) is 0 Å². The number of nitrogens with zero attached hydrogens (tertiary/aromatic N) is 3. The number of fused-ring (bicyclic) bond motifs is 1. The summed E-state index contributed by atoms with van der Waals surface area (Å²) in [5, 5.41) is 10.0. The highest BCUT2D eigenvalue weighted by molar-refractivity contribution is 5.86. The lowest BCUT2D eigenvalue weighted by Crippen LogP contribution is -2.59. The van der Waals surface area contributed by atoms with Gasteiger partial charge in [-0.2, -0.15) is 13.2 Å². The minimum absolute atomic E-state index is 0.0358. The summed E-state index contributed by atoms with van der Waals surface area (Å²) in [5.74, 6) is -2.20. The van der Waals surface area contributed by atoms with Crippen molar-refractivity contribution in [2.24, 2.45) is 11.8 Å². The van der Waals surface area contributed by atoms with Gasteiger partial charge in [0, 0.05) is 44.0 Å². The predicted molar refractivity (Wildman–Crippen MR) is 139 cm³/mol. The molecule has 1 unspecified atom stereocenters. The second-order valence-corrected chi connectivity index (χ2v) is 11.9.